The Morgan fingerprint density at radius 2 is 2.10 bits per heavy atom. The van der Waals surface area contributed by atoms with Gasteiger partial charge < -0.3 is 14.7 Å². The summed E-state index contributed by atoms with van der Waals surface area (Å²) in [5.41, 5.74) is 1.63. The predicted octanol–water partition coefficient (Wildman–Crippen LogP) is 2.63. The third kappa shape index (κ3) is 2.57. The van der Waals surface area contributed by atoms with Gasteiger partial charge in [0.1, 0.15) is 18.2 Å². The van der Waals surface area contributed by atoms with E-state index in [1.807, 2.05) is 24.3 Å². The van der Waals surface area contributed by atoms with Gasteiger partial charge in [-0.05, 0) is 18.2 Å². The summed E-state index contributed by atoms with van der Waals surface area (Å²) in [5, 5.41) is 9.75. The standard InChI is InChI=1S/C15H15ClN2O2/c16-12-5-6-15(17-13(12)10-19)18-7-8-20-14-4-2-1-3-11(14)9-18/h1-6,19H,7-10H2. The first-order valence-electron chi connectivity index (χ1n) is 6.50. The summed E-state index contributed by atoms with van der Waals surface area (Å²) in [6, 6.07) is 11.6. The lowest BCUT2D eigenvalue weighted by molar-refractivity contribution is 0.277. The monoisotopic (exact) mass is 290 g/mol. The van der Waals surface area contributed by atoms with Crippen molar-refractivity contribution in [2.24, 2.45) is 0 Å². The number of halogens is 1. The topological polar surface area (TPSA) is 45.6 Å². The Balaban J connectivity index is 1.91. The van der Waals surface area contributed by atoms with Crippen LogP contribution in [0.3, 0.4) is 0 Å². The van der Waals surface area contributed by atoms with Crippen molar-refractivity contribution in [3.8, 4) is 5.75 Å². The molecular weight excluding hydrogens is 276 g/mol. The first-order valence-corrected chi connectivity index (χ1v) is 6.87. The van der Waals surface area contributed by atoms with E-state index in [9.17, 15) is 5.11 Å². The second-order valence-electron chi connectivity index (χ2n) is 4.63. The summed E-state index contributed by atoms with van der Waals surface area (Å²) < 4.78 is 5.74. The van der Waals surface area contributed by atoms with Crippen LogP contribution in [0, 0.1) is 0 Å². The van der Waals surface area contributed by atoms with E-state index < -0.39 is 0 Å². The highest BCUT2D eigenvalue weighted by Crippen LogP contribution is 2.26. The molecule has 5 heteroatoms. The van der Waals surface area contributed by atoms with Crippen LogP contribution in [-0.4, -0.2) is 23.2 Å². The molecule has 2 heterocycles. The number of pyridine rings is 1. The minimum atomic E-state index is -0.159. The zero-order chi connectivity index (χ0) is 13.9. The summed E-state index contributed by atoms with van der Waals surface area (Å²) in [6.07, 6.45) is 0. The minimum Gasteiger partial charge on any atom is -0.491 e. The number of ether oxygens (including phenoxy) is 1. The van der Waals surface area contributed by atoms with Crippen LogP contribution in [0.4, 0.5) is 5.82 Å². The van der Waals surface area contributed by atoms with E-state index in [1.165, 1.54) is 0 Å². The molecule has 1 aromatic carbocycles. The molecule has 3 rings (SSSR count). The van der Waals surface area contributed by atoms with Gasteiger partial charge in [-0.25, -0.2) is 4.98 Å². The molecule has 0 fully saturated rings. The highest BCUT2D eigenvalue weighted by molar-refractivity contribution is 6.31. The number of anilines is 1. The largest absolute Gasteiger partial charge is 0.491 e. The minimum absolute atomic E-state index is 0.159. The van der Waals surface area contributed by atoms with Gasteiger partial charge >= 0.3 is 0 Å². The maximum Gasteiger partial charge on any atom is 0.129 e. The number of aromatic nitrogens is 1. The second-order valence-corrected chi connectivity index (χ2v) is 5.04. The first-order chi connectivity index (χ1) is 9.78. The Morgan fingerprint density at radius 1 is 1.25 bits per heavy atom. The molecule has 4 nitrogen and oxygen atoms in total. The molecule has 0 bridgehead atoms. The Morgan fingerprint density at radius 3 is 2.95 bits per heavy atom. The number of hydrogen-bond acceptors (Lipinski definition) is 4. The normalized spacial score (nSPS) is 14.4. The maximum atomic E-state index is 9.26. The van der Waals surface area contributed by atoms with Crippen molar-refractivity contribution in [2.45, 2.75) is 13.2 Å². The number of rotatable bonds is 2. The number of para-hydroxylation sites is 1. The van der Waals surface area contributed by atoms with Gasteiger partial charge in [-0.1, -0.05) is 29.8 Å². The van der Waals surface area contributed by atoms with E-state index in [2.05, 4.69) is 16.0 Å². The molecule has 0 spiro atoms. The number of aliphatic hydroxyl groups is 1. The summed E-state index contributed by atoms with van der Waals surface area (Å²) >= 11 is 5.98. The molecule has 1 aliphatic rings. The van der Waals surface area contributed by atoms with Gasteiger partial charge in [0.15, 0.2) is 0 Å². The number of nitrogens with zero attached hydrogens (tertiary/aromatic N) is 2. The zero-order valence-corrected chi connectivity index (χ0v) is 11.7. The lowest BCUT2D eigenvalue weighted by Gasteiger charge is -2.21. The van der Waals surface area contributed by atoms with E-state index in [0.29, 0.717) is 17.3 Å². The van der Waals surface area contributed by atoms with Crippen molar-refractivity contribution in [1.29, 1.82) is 0 Å². The fraction of sp³-hybridized carbons (Fsp3) is 0.267. The highest BCUT2D eigenvalue weighted by atomic mass is 35.5. The van der Waals surface area contributed by atoms with Crippen molar-refractivity contribution in [3.63, 3.8) is 0 Å². The van der Waals surface area contributed by atoms with Crippen LogP contribution in [0.25, 0.3) is 0 Å². The van der Waals surface area contributed by atoms with Crippen molar-refractivity contribution in [3.05, 3.63) is 52.7 Å². The summed E-state index contributed by atoms with van der Waals surface area (Å²) in [4.78, 5) is 6.54. The molecular formula is C15H15ClN2O2. The molecule has 0 aliphatic carbocycles. The molecule has 0 unspecified atom stereocenters. The van der Waals surface area contributed by atoms with Crippen LogP contribution >= 0.6 is 11.6 Å². The Labute approximate surface area is 122 Å². The lowest BCUT2D eigenvalue weighted by Crippen LogP contribution is -2.26. The average Bonchev–Trinajstić information content (AvgIpc) is 2.70. The molecule has 0 amide bonds. The third-order valence-corrected chi connectivity index (χ3v) is 3.67. The average molecular weight is 291 g/mol. The van der Waals surface area contributed by atoms with Crippen LogP contribution in [-0.2, 0) is 13.2 Å². The molecule has 1 N–H and O–H groups in total. The summed E-state index contributed by atoms with van der Waals surface area (Å²) in [5.74, 6) is 1.73. The van der Waals surface area contributed by atoms with Crippen molar-refractivity contribution in [1.82, 2.24) is 4.98 Å². The van der Waals surface area contributed by atoms with E-state index in [-0.39, 0.29) is 6.61 Å². The van der Waals surface area contributed by atoms with Crippen LogP contribution in [0.1, 0.15) is 11.3 Å². The van der Waals surface area contributed by atoms with E-state index in [0.717, 1.165) is 30.2 Å². The van der Waals surface area contributed by atoms with Gasteiger partial charge in [-0.3, -0.25) is 0 Å². The van der Waals surface area contributed by atoms with Crippen LogP contribution in [0.2, 0.25) is 5.02 Å². The summed E-state index contributed by atoms with van der Waals surface area (Å²) in [6.45, 7) is 1.92. The van der Waals surface area contributed by atoms with Gasteiger partial charge in [-0.2, -0.15) is 0 Å². The van der Waals surface area contributed by atoms with Gasteiger partial charge in [0.2, 0.25) is 0 Å². The SMILES string of the molecule is OCc1nc(N2CCOc3ccccc3C2)ccc1Cl. The predicted molar refractivity (Wildman–Crippen MR) is 78.2 cm³/mol. The van der Waals surface area contributed by atoms with Gasteiger partial charge in [0.25, 0.3) is 0 Å². The highest BCUT2D eigenvalue weighted by Gasteiger charge is 2.17. The molecule has 0 saturated carbocycles. The van der Waals surface area contributed by atoms with E-state index in [4.69, 9.17) is 16.3 Å². The van der Waals surface area contributed by atoms with Crippen LogP contribution < -0.4 is 9.64 Å². The van der Waals surface area contributed by atoms with Crippen molar-refractivity contribution in [2.75, 3.05) is 18.1 Å². The molecule has 0 saturated heterocycles. The smallest absolute Gasteiger partial charge is 0.129 e. The second kappa shape index (κ2) is 5.69. The third-order valence-electron chi connectivity index (χ3n) is 3.33. The van der Waals surface area contributed by atoms with Crippen molar-refractivity contribution < 1.29 is 9.84 Å². The number of hydrogen-bond donors (Lipinski definition) is 1. The van der Waals surface area contributed by atoms with Gasteiger partial charge in [-0.15, -0.1) is 0 Å². The Bertz CT molecular complexity index is 619. The Hall–Kier alpha value is -1.78. The first kappa shape index (κ1) is 13.2. The summed E-state index contributed by atoms with van der Waals surface area (Å²) in [7, 11) is 0. The lowest BCUT2D eigenvalue weighted by atomic mass is 10.2. The zero-order valence-electron chi connectivity index (χ0n) is 10.9. The van der Waals surface area contributed by atoms with Crippen LogP contribution in [0.5, 0.6) is 5.75 Å². The number of benzene rings is 1. The van der Waals surface area contributed by atoms with E-state index >= 15 is 0 Å². The molecule has 1 aromatic heterocycles. The van der Waals surface area contributed by atoms with Crippen LogP contribution in [0.15, 0.2) is 36.4 Å². The Kier molecular flexibility index (Phi) is 3.76. The quantitative estimate of drug-likeness (QED) is 0.923. The fourth-order valence-electron chi connectivity index (χ4n) is 2.28. The number of aliphatic hydroxyl groups excluding tert-OH is 1. The molecule has 1 aliphatic heterocycles. The fourth-order valence-corrected chi connectivity index (χ4v) is 2.45. The van der Waals surface area contributed by atoms with E-state index in [1.54, 1.807) is 6.07 Å². The molecule has 0 radical (unpaired) electrons. The molecule has 104 valence electrons. The molecule has 2 aromatic rings. The molecule has 0 atom stereocenters. The number of fused-ring (bicyclic) bond motifs is 1. The maximum absolute atomic E-state index is 9.26. The van der Waals surface area contributed by atoms with Gasteiger partial charge in [0, 0.05) is 12.1 Å². The van der Waals surface area contributed by atoms with Crippen molar-refractivity contribution >= 4 is 17.4 Å². The molecule has 20 heavy (non-hydrogen) atoms. The van der Waals surface area contributed by atoms with Gasteiger partial charge in [0.05, 0.1) is 23.9 Å².